The van der Waals surface area contributed by atoms with E-state index >= 15 is 0 Å². The lowest BCUT2D eigenvalue weighted by molar-refractivity contribution is 0.576. The molecule has 4 aromatic carbocycles. The normalized spacial score (nSPS) is 12.2. The third kappa shape index (κ3) is 4.92. The first-order valence-corrected chi connectivity index (χ1v) is 9.55. The van der Waals surface area contributed by atoms with Crippen LogP contribution < -0.4 is 11.5 Å². The van der Waals surface area contributed by atoms with Crippen molar-refractivity contribution in [1.82, 2.24) is 0 Å². The molecule has 0 heterocycles. The van der Waals surface area contributed by atoms with Crippen molar-refractivity contribution in [1.29, 1.82) is 0 Å². The van der Waals surface area contributed by atoms with Gasteiger partial charge in [-0.1, -0.05) is 109 Å². The van der Waals surface area contributed by atoms with Crippen molar-refractivity contribution in [2.75, 3.05) is 0 Å². The first-order valence-electron chi connectivity index (χ1n) is 9.55. The van der Waals surface area contributed by atoms with Gasteiger partial charge in [0.25, 0.3) is 0 Å². The van der Waals surface area contributed by atoms with Crippen LogP contribution in [-0.2, 0) is 0 Å². The molecule has 0 aliphatic carbocycles. The predicted octanol–water partition coefficient (Wildman–Crippen LogP) is 6.56. The van der Waals surface area contributed by atoms with Crippen LogP contribution in [0.3, 0.4) is 0 Å². The van der Waals surface area contributed by atoms with E-state index in [4.69, 9.17) is 11.5 Å². The Balaban J connectivity index is 0.00000160. The van der Waals surface area contributed by atoms with Crippen LogP contribution in [0.2, 0.25) is 0 Å². The minimum Gasteiger partial charge on any atom is -0.322 e. The van der Waals surface area contributed by atoms with Gasteiger partial charge in [0, 0.05) is 12.1 Å². The van der Waals surface area contributed by atoms with E-state index in [-0.39, 0.29) is 36.9 Å². The number of rotatable bonds is 5. The molecule has 0 saturated carbocycles. The minimum atomic E-state index is -0.318. The van der Waals surface area contributed by atoms with E-state index in [1.807, 2.05) is 60.7 Å². The third-order valence-corrected chi connectivity index (χ3v) is 5.20. The summed E-state index contributed by atoms with van der Waals surface area (Å²) in [6.45, 7) is 0. The molecule has 154 valence electrons. The Morgan fingerprint density at radius 1 is 0.400 bits per heavy atom. The zero-order valence-corrected chi connectivity index (χ0v) is 18.2. The summed E-state index contributed by atoms with van der Waals surface area (Å²) >= 11 is 0. The summed E-state index contributed by atoms with van der Waals surface area (Å²) in [4.78, 5) is 0. The highest BCUT2D eigenvalue weighted by atomic mass is 35.5. The highest BCUT2D eigenvalue weighted by Crippen LogP contribution is 2.36. The van der Waals surface area contributed by atoms with E-state index < -0.39 is 0 Å². The first-order chi connectivity index (χ1) is 13.8. The Kier molecular flexibility index (Phi) is 8.64. The zero-order valence-electron chi connectivity index (χ0n) is 16.5. The summed E-state index contributed by atoms with van der Waals surface area (Å²) in [7, 11) is 0. The molecule has 4 N–H and O–H groups in total. The second-order valence-electron chi connectivity index (χ2n) is 6.96. The Morgan fingerprint density at radius 3 is 1.07 bits per heavy atom. The predicted molar refractivity (Wildman–Crippen MR) is 132 cm³/mol. The molecule has 0 radical (unpaired) electrons. The first kappa shape index (κ1) is 23.7. The number of nitrogens with two attached hydrogens (primary N) is 2. The molecule has 0 spiro atoms. The average molecular weight is 437 g/mol. The lowest BCUT2D eigenvalue weighted by Crippen LogP contribution is -2.27. The number of halogens is 2. The number of hydrogen-bond acceptors (Lipinski definition) is 2. The van der Waals surface area contributed by atoms with Crippen molar-refractivity contribution in [3.05, 3.63) is 120 Å². The molecular formula is C26H26Cl2N2. The van der Waals surface area contributed by atoms with Gasteiger partial charge in [-0.15, -0.1) is 24.8 Å². The maximum Gasteiger partial charge on any atom is 0.0497 e. The Bertz CT molecular complexity index is 966. The van der Waals surface area contributed by atoms with Crippen molar-refractivity contribution >= 4 is 24.8 Å². The summed E-state index contributed by atoms with van der Waals surface area (Å²) < 4.78 is 0. The molecule has 0 unspecified atom stereocenters. The van der Waals surface area contributed by atoms with Crippen LogP contribution in [0.25, 0.3) is 22.3 Å². The summed E-state index contributed by atoms with van der Waals surface area (Å²) in [6.07, 6.45) is 0. The van der Waals surface area contributed by atoms with Crippen molar-refractivity contribution in [2.24, 2.45) is 11.5 Å². The van der Waals surface area contributed by atoms with E-state index in [1.54, 1.807) is 0 Å². The van der Waals surface area contributed by atoms with Crippen molar-refractivity contribution in [2.45, 2.75) is 12.1 Å². The van der Waals surface area contributed by atoms with Gasteiger partial charge in [0.15, 0.2) is 0 Å². The molecule has 2 atom stereocenters. The maximum atomic E-state index is 6.73. The van der Waals surface area contributed by atoms with Crippen LogP contribution in [0.15, 0.2) is 109 Å². The van der Waals surface area contributed by atoms with Crippen molar-refractivity contribution < 1.29 is 0 Å². The minimum absolute atomic E-state index is 0. The van der Waals surface area contributed by atoms with Gasteiger partial charge in [-0.2, -0.15) is 0 Å². The zero-order chi connectivity index (χ0) is 19.3. The molecule has 4 rings (SSSR count). The van der Waals surface area contributed by atoms with E-state index in [2.05, 4.69) is 48.5 Å². The molecule has 0 fully saturated rings. The van der Waals surface area contributed by atoms with E-state index in [9.17, 15) is 0 Å². The van der Waals surface area contributed by atoms with Gasteiger partial charge < -0.3 is 11.5 Å². The molecule has 30 heavy (non-hydrogen) atoms. The van der Waals surface area contributed by atoms with Crippen LogP contribution in [0, 0.1) is 0 Å². The fourth-order valence-electron chi connectivity index (χ4n) is 3.72. The standard InChI is InChI=1S/C26H24N2.2ClH/c27-25(23-17-9-7-15-21(23)19-11-3-1-4-12-19)26(28)24-18-10-8-16-22(24)20-13-5-2-6-14-20;;/h1-18,25-26H,27-28H2;2*1H/t25-,26-;;/m0../s1. The molecular weight excluding hydrogens is 411 g/mol. The van der Waals surface area contributed by atoms with Gasteiger partial charge in [0.05, 0.1) is 0 Å². The Labute approximate surface area is 190 Å². The van der Waals surface area contributed by atoms with Gasteiger partial charge >= 0.3 is 0 Å². The Hall–Kier alpha value is -2.62. The second-order valence-corrected chi connectivity index (χ2v) is 6.96. The largest absolute Gasteiger partial charge is 0.322 e. The second kappa shape index (κ2) is 11.0. The summed E-state index contributed by atoms with van der Waals surface area (Å²) in [6, 6.07) is 36.5. The topological polar surface area (TPSA) is 52.0 Å². The summed E-state index contributed by atoms with van der Waals surface area (Å²) in [5, 5.41) is 0. The van der Waals surface area contributed by atoms with E-state index in [0.29, 0.717) is 0 Å². The maximum absolute atomic E-state index is 6.73. The molecule has 0 aromatic heterocycles. The van der Waals surface area contributed by atoms with Crippen LogP contribution in [-0.4, -0.2) is 0 Å². The van der Waals surface area contributed by atoms with Crippen molar-refractivity contribution in [3.63, 3.8) is 0 Å². The molecule has 0 aliphatic heterocycles. The monoisotopic (exact) mass is 436 g/mol. The number of hydrogen-bond donors (Lipinski definition) is 2. The molecule has 4 aromatic rings. The van der Waals surface area contributed by atoms with Crippen molar-refractivity contribution in [3.8, 4) is 22.3 Å². The van der Waals surface area contributed by atoms with Gasteiger partial charge in [-0.05, 0) is 33.4 Å². The quantitative estimate of drug-likeness (QED) is 0.371. The molecule has 0 amide bonds. The average Bonchev–Trinajstić information content (AvgIpc) is 2.79. The van der Waals surface area contributed by atoms with Crippen LogP contribution in [0.4, 0.5) is 0 Å². The molecule has 4 heteroatoms. The smallest absolute Gasteiger partial charge is 0.0497 e. The van der Waals surface area contributed by atoms with Gasteiger partial charge in [0.2, 0.25) is 0 Å². The summed E-state index contributed by atoms with van der Waals surface area (Å²) in [5.74, 6) is 0. The van der Waals surface area contributed by atoms with Gasteiger partial charge in [0.1, 0.15) is 0 Å². The van der Waals surface area contributed by atoms with Gasteiger partial charge in [-0.3, -0.25) is 0 Å². The van der Waals surface area contributed by atoms with E-state index in [0.717, 1.165) is 33.4 Å². The molecule has 2 nitrogen and oxygen atoms in total. The fraction of sp³-hybridized carbons (Fsp3) is 0.0769. The molecule has 0 aliphatic rings. The van der Waals surface area contributed by atoms with Crippen LogP contribution >= 0.6 is 24.8 Å². The lowest BCUT2D eigenvalue weighted by Gasteiger charge is -2.25. The SMILES string of the molecule is Cl.Cl.N[C@@H](c1ccccc1-c1ccccc1)[C@@H](N)c1ccccc1-c1ccccc1. The van der Waals surface area contributed by atoms with Crippen LogP contribution in [0.5, 0.6) is 0 Å². The van der Waals surface area contributed by atoms with Crippen LogP contribution in [0.1, 0.15) is 23.2 Å². The van der Waals surface area contributed by atoms with Gasteiger partial charge in [-0.25, -0.2) is 0 Å². The highest BCUT2D eigenvalue weighted by molar-refractivity contribution is 5.85. The fourth-order valence-corrected chi connectivity index (χ4v) is 3.72. The molecule has 0 bridgehead atoms. The van der Waals surface area contributed by atoms with E-state index in [1.165, 1.54) is 0 Å². The third-order valence-electron chi connectivity index (χ3n) is 5.20. The highest BCUT2D eigenvalue weighted by Gasteiger charge is 2.22. The summed E-state index contributed by atoms with van der Waals surface area (Å²) in [5.41, 5.74) is 20.1. The Morgan fingerprint density at radius 2 is 0.700 bits per heavy atom. The lowest BCUT2D eigenvalue weighted by atomic mass is 9.86. The molecule has 0 saturated heterocycles. The number of benzene rings is 4.